The average molecular weight is 401 g/mol. The smallest absolute Gasteiger partial charge is 0.306 e. The van der Waals surface area contributed by atoms with Crippen LogP contribution >= 0.6 is 0 Å². The fraction of sp³-hybridized carbons (Fsp3) is 0.435. The monoisotopic (exact) mass is 401 g/mol. The van der Waals surface area contributed by atoms with Crippen molar-refractivity contribution < 1.29 is 23.8 Å². The average Bonchev–Trinajstić information content (AvgIpc) is 2.74. The van der Waals surface area contributed by atoms with Crippen molar-refractivity contribution in [3.05, 3.63) is 59.7 Å². The Labute approximate surface area is 171 Å². The standard InChI is InChI=1S/C23H28FNO4/c1-28-19-8-3-16(4-9-19)14-25(15-17-5-10-20(29-2)11-6-17)22-13-18(23(26)27)7-12-21(22)24/h3-6,8-11,18,21-22H,7,12-15H2,1-2H3,(H,26,27)/t18-,21+,22+/m1/s1. The summed E-state index contributed by atoms with van der Waals surface area (Å²) in [6.45, 7) is 1.07. The van der Waals surface area contributed by atoms with E-state index >= 15 is 0 Å². The molecule has 1 fully saturated rings. The highest BCUT2D eigenvalue weighted by Crippen LogP contribution is 2.32. The molecule has 156 valence electrons. The molecule has 1 N–H and O–H groups in total. The normalized spacial score (nSPS) is 21.7. The molecule has 0 amide bonds. The van der Waals surface area contributed by atoms with Gasteiger partial charge in [0.25, 0.3) is 0 Å². The Morgan fingerprint density at radius 3 is 1.86 bits per heavy atom. The van der Waals surface area contributed by atoms with Crippen LogP contribution < -0.4 is 9.47 Å². The molecule has 2 aromatic carbocycles. The van der Waals surface area contributed by atoms with Crippen molar-refractivity contribution >= 4 is 5.97 Å². The van der Waals surface area contributed by atoms with Crippen LogP contribution in [-0.4, -0.2) is 42.4 Å². The zero-order valence-electron chi connectivity index (χ0n) is 16.9. The molecule has 0 spiro atoms. The van der Waals surface area contributed by atoms with Gasteiger partial charge in [-0.15, -0.1) is 0 Å². The Morgan fingerprint density at radius 1 is 0.966 bits per heavy atom. The molecule has 1 aliphatic rings. The second kappa shape index (κ2) is 9.74. The van der Waals surface area contributed by atoms with E-state index in [9.17, 15) is 14.3 Å². The van der Waals surface area contributed by atoms with E-state index in [4.69, 9.17) is 9.47 Å². The summed E-state index contributed by atoms with van der Waals surface area (Å²) >= 11 is 0. The lowest BCUT2D eigenvalue weighted by molar-refractivity contribution is -0.144. The molecule has 0 unspecified atom stereocenters. The zero-order chi connectivity index (χ0) is 20.8. The van der Waals surface area contributed by atoms with Crippen LogP contribution in [0.25, 0.3) is 0 Å². The number of hydrogen-bond acceptors (Lipinski definition) is 4. The van der Waals surface area contributed by atoms with E-state index in [-0.39, 0.29) is 6.42 Å². The maximum absolute atomic E-state index is 14.9. The van der Waals surface area contributed by atoms with E-state index in [1.165, 1.54) is 0 Å². The molecule has 3 atom stereocenters. The molecule has 0 bridgehead atoms. The number of rotatable bonds is 8. The zero-order valence-corrected chi connectivity index (χ0v) is 16.9. The summed E-state index contributed by atoms with van der Waals surface area (Å²) in [6.07, 6.45) is -0.0416. The molecular formula is C23H28FNO4. The maximum atomic E-state index is 14.9. The van der Waals surface area contributed by atoms with Crippen LogP contribution in [-0.2, 0) is 17.9 Å². The number of aliphatic carboxylic acids is 1. The first kappa shape index (κ1) is 21.1. The molecule has 1 aliphatic carbocycles. The molecule has 2 aromatic rings. The van der Waals surface area contributed by atoms with Crippen LogP contribution in [0.2, 0.25) is 0 Å². The number of halogens is 1. The van der Waals surface area contributed by atoms with Gasteiger partial charge in [0, 0.05) is 19.1 Å². The van der Waals surface area contributed by atoms with E-state index in [1.54, 1.807) is 14.2 Å². The Hall–Kier alpha value is -2.60. The summed E-state index contributed by atoms with van der Waals surface area (Å²) in [6, 6.07) is 15.0. The summed E-state index contributed by atoms with van der Waals surface area (Å²) in [7, 11) is 3.24. The maximum Gasteiger partial charge on any atom is 0.306 e. The minimum Gasteiger partial charge on any atom is -0.497 e. The van der Waals surface area contributed by atoms with Crippen molar-refractivity contribution in [1.29, 1.82) is 0 Å². The van der Waals surface area contributed by atoms with Gasteiger partial charge in [0.2, 0.25) is 0 Å². The van der Waals surface area contributed by atoms with Gasteiger partial charge in [-0.3, -0.25) is 9.69 Å². The van der Waals surface area contributed by atoms with Crippen molar-refractivity contribution in [1.82, 2.24) is 4.90 Å². The van der Waals surface area contributed by atoms with Crippen molar-refractivity contribution in [2.24, 2.45) is 5.92 Å². The van der Waals surface area contributed by atoms with E-state index in [0.29, 0.717) is 25.9 Å². The molecular weight excluding hydrogens is 373 g/mol. The summed E-state index contributed by atoms with van der Waals surface area (Å²) in [5.41, 5.74) is 2.06. The molecule has 1 saturated carbocycles. The molecule has 5 nitrogen and oxygen atoms in total. The highest BCUT2D eigenvalue weighted by Gasteiger charge is 2.37. The predicted octanol–water partition coefficient (Wildman–Crippen LogP) is 4.30. The first-order valence-electron chi connectivity index (χ1n) is 9.87. The number of hydrogen-bond donors (Lipinski definition) is 1. The predicted molar refractivity (Wildman–Crippen MR) is 109 cm³/mol. The van der Waals surface area contributed by atoms with E-state index in [0.717, 1.165) is 22.6 Å². The van der Waals surface area contributed by atoms with Gasteiger partial charge in [0.05, 0.1) is 20.1 Å². The number of ether oxygens (including phenoxy) is 2. The molecule has 0 radical (unpaired) electrons. The Balaban J connectivity index is 1.83. The topological polar surface area (TPSA) is 59.0 Å². The van der Waals surface area contributed by atoms with Gasteiger partial charge < -0.3 is 14.6 Å². The van der Waals surface area contributed by atoms with Gasteiger partial charge in [-0.1, -0.05) is 24.3 Å². The van der Waals surface area contributed by atoms with E-state index in [2.05, 4.69) is 4.90 Å². The number of methoxy groups -OCH3 is 2. The van der Waals surface area contributed by atoms with Gasteiger partial charge in [0.1, 0.15) is 17.7 Å². The minimum atomic E-state index is -1.04. The van der Waals surface area contributed by atoms with Gasteiger partial charge in [-0.25, -0.2) is 4.39 Å². The van der Waals surface area contributed by atoms with Crippen LogP contribution in [0.1, 0.15) is 30.4 Å². The van der Waals surface area contributed by atoms with Crippen molar-refractivity contribution in [3.8, 4) is 11.5 Å². The lowest BCUT2D eigenvalue weighted by Crippen LogP contribution is -2.46. The summed E-state index contributed by atoms with van der Waals surface area (Å²) in [5.74, 6) is 0.196. The number of alkyl halides is 1. The Bertz CT molecular complexity index is 744. The van der Waals surface area contributed by atoms with Gasteiger partial charge >= 0.3 is 5.97 Å². The summed E-state index contributed by atoms with van der Waals surface area (Å²) in [5, 5.41) is 9.45. The SMILES string of the molecule is COc1ccc(CN(Cc2ccc(OC)cc2)[C@H]2C[C@H](C(=O)O)CC[C@@H]2F)cc1. The summed E-state index contributed by atoms with van der Waals surface area (Å²) in [4.78, 5) is 13.6. The van der Waals surface area contributed by atoms with Gasteiger partial charge in [0.15, 0.2) is 0 Å². The lowest BCUT2D eigenvalue weighted by atomic mass is 9.83. The number of carboxylic acids is 1. The van der Waals surface area contributed by atoms with Gasteiger partial charge in [-0.2, -0.15) is 0 Å². The third-order valence-corrected chi connectivity index (χ3v) is 5.64. The second-order valence-electron chi connectivity index (χ2n) is 7.53. The van der Waals surface area contributed by atoms with Crippen LogP contribution in [0.15, 0.2) is 48.5 Å². The molecule has 0 heterocycles. The Kier molecular flexibility index (Phi) is 7.09. The fourth-order valence-electron chi connectivity index (χ4n) is 3.93. The number of carboxylic acid groups (broad SMARTS) is 1. The van der Waals surface area contributed by atoms with Crippen LogP contribution in [0.3, 0.4) is 0 Å². The van der Waals surface area contributed by atoms with Crippen LogP contribution in [0.5, 0.6) is 11.5 Å². The first-order chi connectivity index (χ1) is 14.0. The summed E-state index contributed by atoms with van der Waals surface area (Å²) < 4.78 is 25.3. The quantitative estimate of drug-likeness (QED) is 0.715. The van der Waals surface area contributed by atoms with Crippen molar-refractivity contribution in [2.45, 2.75) is 44.6 Å². The van der Waals surface area contributed by atoms with E-state index in [1.807, 2.05) is 48.5 Å². The van der Waals surface area contributed by atoms with Crippen molar-refractivity contribution in [3.63, 3.8) is 0 Å². The van der Waals surface area contributed by atoms with Gasteiger partial charge in [-0.05, 0) is 54.7 Å². The largest absolute Gasteiger partial charge is 0.497 e. The van der Waals surface area contributed by atoms with E-state index < -0.39 is 24.1 Å². The van der Waals surface area contributed by atoms with Crippen LogP contribution in [0, 0.1) is 5.92 Å². The molecule has 29 heavy (non-hydrogen) atoms. The number of benzene rings is 2. The highest BCUT2D eigenvalue weighted by molar-refractivity contribution is 5.70. The fourth-order valence-corrected chi connectivity index (χ4v) is 3.93. The molecule has 0 saturated heterocycles. The number of nitrogens with zero attached hydrogens (tertiary/aromatic N) is 1. The van der Waals surface area contributed by atoms with Crippen LogP contribution in [0.4, 0.5) is 4.39 Å². The third-order valence-electron chi connectivity index (χ3n) is 5.64. The minimum absolute atomic E-state index is 0.281. The lowest BCUT2D eigenvalue weighted by Gasteiger charge is -2.38. The highest BCUT2D eigenvalue weighted by atomic mass is 19.1. The third kappa shape index (κ3) is 5.48. The molecule has 3 rings (SSSR count). The Morgan fingerprint density at radius 2 is 1.45 bits per heavy atom. The second-order valence-corrected chi connectivity index (χ2v) is 7.53. The molecule has 6 heteroatoms. The molecule has 0 aliphatic heterocycles. The van der Waals surface area contributed by atoms with Crippen molar-refractivity contribution in [2.75, 3.05) is 14.2 Å². The number of carbonyl (C=O) groups is 1. The molecule has 0 aromatic heterocycles. The first-order valence-corrected chi connectivity index (χ1v) is 9.87.